The van der Waals surface area contributed by atoms with E-state index in [9.17, 15) is 4.79 Å². The average Bonchev–Trinajstić information content (AvgIpc) is 1.85. The lowest BCUT2D eigenvalue weighted by Crippen LogP contribution is -2.42. The summed E-state index contributed by atoms with van der Waals surface area (Å²) in [5.74, 6) is -0.912. The Morgan fingerprint density at radius 3 is 2.82 bits per heavy atom. The Morgan fingerprint density at radius 2 is 2.36 bits per heavy atom. The molecule has 1 aliphatic heterocycles. The molecule has 0 aromatic heterocycles. The Labute approximate surface area is 69.3 Å². The van der Waals surface area contributed by atoms with Crippen LogP contribution in [0.25, 0.3) is 0 Å². The van der Waals surface area contributed by atoms with E-state index in [2.05, 4.69) is 10.6 Å². The van der Waals surface area contributed by atoms with Crippen molar-refractivity contribution < 1.29 is 9.90 Å². The van der Waals surface area contributed by atoms with E-state index in [-0.39, 0.29) is 0 Å². The predicted molar refractivity (Wildman–Crippen MR) is 44.1 cm³/mol. The highest BCUT2D eigenvalue weighted by molar-refractivity contribution is 7.80. The molecule has 0 saturated carbocycles. The Kier molecular flexibility index (Phi) is 2.09. The Balaban J connectivity index is 2.86. The van der Waals surface area contributed by atoms with Crippen molar-refractivity contribution in [2.45, 2.75) is 6.92 Å². The summed E-state index contributed by atoms with van der Waals surface area (Å²) in [6, 6.07) is 0. The molecule has 0 aliphatic carbocycles. The van der Waals surface area contributed by atoms with Crippen LogP contribution in [0.4, 0.5) is 0 Å². The minimum atomic E-state index is -0.912. The van der Waals surface area contributed by atoms with Crippen LogP contribution in [-0.2, 0) is 4.79 Å². The van der Waals surface area contributed by atoms with Crippen LogP contribution in [0.15, 0.2) is 11.3 Å². The molecular weight excluding hydrogens is 164 g/mol. The quantitative estimate of drug-likeness (QED) is 0.479. The minimum Gasteiger partial charge on any atom is -0.478 e. The molecule has 4 nitrogen and oxygen atoms in total. The van der Waals surface area contributed by atoms with Crippen molar-refractivity contribution in [2.24, 2.45) is 0 Å². The van der Waals surface area contributed by atoms with Crippen LogP contribution in [0.3, 0.4) is 0 Å². The molecule has 0 aromatic carbocycles. The second-order valence-electron chi connectivity index (χ2n) is 2.22. The molecular formula is C6H8N2O2S. The highest BCUT2D eigenvalue weighted by Crippen LogP contribution is 2.03. The summed E-state index contributed by atoms with van der Waals surface area (Å²) in [6.45, 7) is 1.99. The van der Waals surface area contributed by atoms with Crippen LogP contribution in [-0.4, -0.2) is 22.7 Å². The van der Waals surface area contributed by atoms with Crippen molar-refractivity contribution >= 4 is 23.3 Å². The maximum atomic E-state index is 10.5. The summed E-state index contributed by atoms with van der Waals surface area (Å²) in [7, 11) is 0. The molecule has 5 heteroatoms. The van der Waals surface area contributed by atoms with Crippen LogP contribution in [0.5, 0.6) is 0 Å². The molecule has 0 fully saturated rings. The lowest BCUT2D eigenvalue weighted by molar-refractivity contribution is -0.132. The predicted octanol–water partition coefficient (Wildman–Crippen LogP) is -0.177. The monoisotopic (exact) mass is 172 g/mol. The van der Waals surface area contributed by atoms with E-state index >= 15 is 0 Å². The number of hydrogen-bond acceptors (Lipinski definition) is 2. The smallest absolute Gasteiger partial charge is 0.335 e. The van der Waals surface area contributed by atoms with Gasteiger partial charge in [0.15, 0.2) is 5.11 Å². The van der Waals surface area contributed by atoms with E-state index in [1.54, 1.807) is 6.92 Å². The van der Waals surface area contributed by atoms with Gasteiger partial charge in [-0.15, -0.1) is 0 Å². The molecule has 1 heterocycles. The van der Waals surface area contributed by atoms with Gasteiger partial charge in [-0.05, 0) is 19.1 Å². The van der Waals surface area contributed by atoms with Crippen molar-refractivity contribution in [2.75, 3.05) is 6.54 Å². The van der Waals surface area contributed by atoms with Gasteiger partial charge in [0.25, 0.3) is 0 Å². The van der Waals surface area contributed by atoms with Gasteiger partial charge in [0.1, 0.15) is 0 Å². The van der Waals surface area contributed by atoms with Crippen molar-refractivity contribution in [3.8, 4) is 0 Å². The van der Waals surface area contributed by atoms with Gasteiger partial charge < -0.3 is 15.7 Å². The number of carboxylic acids is 1. The largest absolute Gasteiger partial charge is 0.478 e. The fraction of sp³-hybridized carbons (Fsp3) is 0.333. The van der Waals surface area contributed by atoms with Crippen molar-refractivity contribution in [1.29, 1.82) is 0 Å². The molecule has 0 bridgehead atoms. The van der Waals surface area contributed by atoms with Gasteiger partial charge in [0.2, 0.25) is 0 Å². The lowest BCUT2D eigenvalue weighted by atomic mass is 10.2. The number of allylic oxidation sites excluding steroid dienone is 1. The van der Waals surface area contributed by atoms with Crippen molar-refractivity contribution in [1.82, 2.24) is 10.6 Å². The number of rotatable bonds is 1. The molecule has 0 aromatic rings. The molecule has 0 amide bonds. The van der Waals surface area contributed by atoms with Gasteiger partial charge in [0.05, 0.1) is 12.1 Å². The average molecular weight is 172 g/mol. The molecule has 11 heavy (non-hydrogen) atoms. The molecule has 0 spiro atoms. The Bertz CT molecular complexity index is 247. The molecule has 60 valence electrons. The van der Waals surface area contributed by atoms with Gasteiger partial charge in [-0.25, -0.2) is 4.79 Å². The normalized spacial score (nSPS) is 17.4. The molecule has 0 saturated heterocycles. The first-order valence-corrected chi connectivity index (χ1v) is 3.50. The van der Waals surface area contributed by atoms with Gasteiger partial charge in [-0.1, -0.05) is 0 Å². The number of aliphatic carboxylic acids is 1. The highest BCUT2D eigenvalue weighted by Gasteiger charge is 2.16. The van der Waals surface area contributed by atoms with Crippen LogP contribution in [0.1, 0.15) is 6.92 Å². The third kappa shape index (κ3) is 1.68. The molecule has 3 N–H and O–H groups in total. The summed E-state index contributed by atoms with van der Waals surface area (Å²) >= 11 is 4.77. The van der Waals surface area contributed by atoms with Crippen LogP contribution < -0.4 is 10.6 Å². The van der Waals surface area contributed by atoms with Crippen LogP contribution >= 0.6 is 12.2 Å². The third-order valence-electron chi connectivity index (χ3n) is 1.44. The van der Waals surface area contributed by atoms with Crippen molar-refractivity contribution in [3.05, 3.63) is 11.3 Å². The van der Waals surface area contributed by atoms with Crippen molar-refractivity contribution in [3.63, 3.8) is 0 Å². The van der Waals surface area contributed by atoms with E-state index in [4.69, 9.17) is 17.3 Å². The van der Waals surface area contributed by atoms with E-state index in [1.165, 1.54) is 0 Å². The summed E-state index contributed by atoms with van der Waals surface area (Å²) in [5, 5.41) is 14.5. The standard InChI is InChI=1S/C6H8N2O2S/c1-3-4(5(9)10)2-7-6(11)8-3/h2H2,1H3,(H,9,10)(H2,7,8,11). The van der Waals surface area contributed by atoms with Gasteiger partial charge in [-0.2, -0.15) is 0 Å². The third-order valence-corrected chi connectivity index (χ3v) is 1.68. The first kappa shape index (κ1) is 8.00. The van der Waals surface area contributed by atoms with E-state index in [0.29, 0.717) is 22.9 Å². The Morgan fingerprint density at radius 1 is 1.73 bits per heavy atom. The number of carbonyl (C=O) groups is 1. The second-order valence-corrected chi connectivity index (χ2v) is 2.62. The SMILES string of the molecule is CC1=C(C(=O)O)CNC(=S)N1. The molecule has 0 radical (unpaired) electrons. The molecule has 0 unspecified atom stereocenters. The summed E-state index contributed by atoms with van der Waals surface area (Å²) in [6.07, 6.45) is 0. The maximum Gasteiger partial charge on any atom is 0.335 e. The first-order chi connectivity index (χ1) is 5.11. The minimum absolute atomic E-state index is 0.299. The highest BCUT2D eigenvalue weighted by atomic mass is 32.1. The topological polar surface area (TPSA) is 61.4 Å². The fourth-order valence-corrected chi connectivity index (χ4v) is 1.05. The molecule has 1 rings (SSSR count). The summed E-state index contributed by atoms with van der Waals surface area (Å²) < 4.78 is 0. The molecule has 1 aliphatic rings. The number of carboxylic acid groups (broad SMARTS) is 1. The van der Waals surface area contributed by atoms with Gasteiger partial charge in [-0.3, -0.25) is 0 Å². The first-order valence-electron chi connectivity index (χ1n) is 3.09. The maximum absolute atomic E-state index is 10.5. The number of nitrogens with one attached hydrogen (secondary N) is 2. The Hall–Kier alpha value is -1.10. The van der Waals surface area contributed by atoms with E-state index < -0.39 is 5.97 Å². The van der Waals surface area contributed by atoms with Gasteiger partial charge >= 0.3 is 5.97 Å². The zero-order valence-electron chi connectivity index (χ0n) is 5.97. The van der Waals surface area contributed by atoms with E-state index in [1.807, 2.05) is 0 Å². The van der Waals surface area contributed by atoms with Gasteiger partial charge in [0, 0.05) is 5.70 Å². The lowest BCUT2D eigenvalue weighted by Gasteiger charge is -2.19. The fourth-order valence-electron chi connectivity index (χ4n) is 0.827. The number of thiocarbonyl (C=S) groups is 1. The zero-order valence-corrected chi connectivity index (χ0v) is 6.79. The van der Waals surface area contributed by atoms with Crippen LogP contribution in [0, 0.1) is 0 Å². The van der Waals surface area contributed by atoms with E-state index in [0.717, 1.165) is 0 Å². The van der Waals surface area contributed by atoms with Crippen LogP contribution in [0.2, 0.25) is 0 Å². The summed E-state index contributed by atoms with van der Waals surface area (Å²) in [5.41, 5.74) is 0.944. The second kappa shape index (κ2) is 2.87. The zero-order chi connectivity index (χ0) is 8.43. The summed E-state index contributed by atoms with van der Waals surface area (Å²) in [4.78, 5) is 10.5. The number of hydrogen-bond donors (Lipinski definition) is 3. The molecule has 0 atom stereocenters.